The fraction of sp³-hybridized carbons (Fsp3) is 0.0952. The summed E-state index contributed by atoms with van der Waals surface area (Å²) in [5.74, 6) is 0.796. The van der Waals surface area contributed by atoms with Crippen LogP contribution < -0.4 is 10.2 Å². The van der Waals surface area contributed by atoms with Crippen LogP contribution in [0.1, 0.15) is 12.5 Å². The lowest BCUT2D eigenvalue weighted by Crippen LogP contribution is -1.92. The molecule has 0 aliphatic rings. The predicted molar refractivity (Wildman–Crippen MR) is 114 cm³/mol. The molecule has 0 aliphatic carbocycles. The summed E-state index contributed by atoms with van der Waals surface area (Å²) in [5, 5.41) is 33.1. The third-order valence-corrected chi connectivity index (χ3v) is 3.92. The van der Waals surface area contributed by atoms with Crippen molar-refractivity contribution in [3.63, 3.8) is 0 Å². The van der Waals surface area contributed by atoms with E-state index in [-0.39, 0.29) is 11.4 Å². The van der Waals surface area contributed by atoms with Crippen molar-refractivity contribution in [2.75, 3.05) is 12.0 Å². The highest BCUT2D eigenvalue weighted by Gasteiger charge is 2.04. The minimum Gasteiger partial charge on any atom is -0.507 e. The summed E-state index contributed by atoms with van der Waals surface area (Å²) in [6, 6.07) is 17.8. The summed E-state index contributed by atoms with van der Waals surface area (Å²) in [6.07, 6.45) is 1.42. The molecule has 3 aromatic carbocycles. The Hall–Kier alpha value is -4.27. The minimum atomic E-state index is -0.474. The number of nitrogens with zero attached hydrogens (tertiary/aromatic N) is 4. The number of aromatic hydroxyl groups is 1. The van der Waals surface area contributed by atoms with E-state index in [9.17, 15) is 15.2 Å². The Morgan fingerprint density at radius 1 is 1.03 bits per heavy atom. The van der Waals surface area contributed by atoms with Gasteiger partial charge < -0.3 is 9.84 Å². The second-order valence-corrected chi connectivity index (χ2v) is 6.04. The van der Waals surface area contributed by atoms with Gasteiger partial charge in [-0.05, 0) is 61.5 Å². The standard InChI is InChI=1S/C21H19N5O4/c1-2-30-20-10-5-17(6-11-20)24-25-18-7-12-21(27)15(13-18)14-22-23-16-3-8-19(9-4-16)26(28)29/h3-14,23,27H,2H2,1H3. The molecule has 9 nitrogen and oxygen atoms in total. The lowest BCUT2D eigenvalue weighted by Gasteiger charge is -2.02. The van der Waals surface area contributed by atoms with Gasteiger partial charge in [0.1, 0.15) is 11.5 Å². The molecule has 30 heavy (non-hydrogen) atoms. The summed E-state index contributed by atoms with van der Waals surface area (Å²) in [4.78, 5) is 10.2. The van der Waals surface area contributed by atoms with Gasteiger partial charge >= 0.3 is 0 Å². The number of nitro benzene ring substituents is 1. The maximum Gasteiger partial charge on any atom is 0.269 e. The van der Waals surface area contributed by atoms with E-state index in [1.165, 1.54) is 36.5 Å². The van der Waals surface area contributed by atoms with E-state index < -0.39 is 4.92 Å². The number of non-ortho nitro benzene ring substituents is 1. The van der Waals surface area contributed by atoms with Crippen molar-refractivity contribution >= 4 is 29.0 Å². The molecule has 0 saturated heterocycles. The number of ether oxygens (including phenoxy) is 1. The first-order valence-electron chi connectivity index (χ1n) is 9.06. The molecule has 0 aliphatic heterocycles. The van der Waals surface area contributed by atoms with Crippen LogP contribution in [-0.2, 0) is 0 Å². The molecule has 3 aromatic rings. The number of hydrazone groups is 1. The van der Waals surface area contributed by atoms with Crippen LogP contribution in [-0.4, -0.2) is 22.9 Å². The van der Waals surface area contributed by atoms with Gasteiger partial charge in [-0.2, -0.15) is 15.3 Å². The predicted octanol–water partition coefficient (Wildman–Crippen LogP) is 5.56. The Bertz CT molecular complexity index is 1060. The Labute approximate surface area is 172 Å². The van der Waals surface area contributed by atoms with Gasteiger partial charge in [0.2, 0.25) is 0 Å². The average molecular weight is 405 g/mol. The van der Waals surface area contributed by atoms with Crippen molar-refractivity contribution in [2.24, 2.45) is 15.3 Å². The first kappa shape index (κ1) is 20.5. The molecule has 0 saturated carbocycles. The highest BCUT2D eigenvalue weighted by Crippen LogP contribution is 2.25. The van der Waals surface area contributed by atoms with Gasteiger partial charge in [-0.15, -0.1) is 0 Å². The normalized spacial score (nSPS) is 11.1. The third kappa shape index (κ3) is 5.61. The quantitative estimate of drug-likeness (QED) is 0.220. The van der Waals surface area contributed by atoms with Gasteiger partial charge in [0.25, 0.3) is 5.69 Å². The number of benzene rings is 3. The molecular formula is C21H19N5O4. The molecule has 0 aromatic heterocycles. The highest BCUT2D eigenvalue weighted by atomic mass is 16.6. The number of hydrogen-bond donors (Lipinski definition) is 2. The maximum absolute atomic E-state index is 10.7. The third-order valence-electron chi connectivity index (χ3n) is 3.92. The Balaban J connectivity index is 1.66. The van der Waals surface area contributed by atoms with Crippen molar-refractivity contribution in [1.29, 1.82) is 0 Å². The molecule has 0 heterocycles. The van der Waals surface area contributed by atoms with E-state index in [1.807, 2.05) is 19.1 Å². The molecule has 3 rings (SSSR count). The fourth-order valence-electron chi connectivity index (χ4n) is 2.43. The van der Waals surface area contributed by atoms with Crippen LogP contribution in [0.4, 0.5) is 22.7 Å². The molecular weight excluding hydrogens is 386 g/mol. The van der Waals surface area contributed by atoms with E-state index >= 15 is 0 Å². The SMILES string of the molecule is CCOc1ccc(N=Nc2ccc(O)c(C=NNc3ccc([N+](=O)[O-])cc3)c2)cc1. The zero-order valence-corrected chi connectivity index (χ0v) is 16.1. The van der Waals surface area contributed by atoms with Gasteiger partial charge in [0.05, 0.1) is 34.8 Å². The molecule has 2 N–H and O–H groups in total. The molecule has 0 spiro atoms. The van der Waals surface area contributed by atoms with E-state index in [1.54, 1.807) is 24.3 Å². The summed E-state index contributed by atoms with van der Waals surface area (Å²) in [6.45, 7) is 2.51. The van der Waals surface area contributed by atoms with Crippen molar-refractivity contribution in [3.05, 3.63) is 82.4 Å². The average Bonchev–Trinajstić information content (AvgIpc) is 2.75. The zero-order chi connectivity index (χ0) is 21.3. The maximum atomic E-state index is 10.7. The van der Waals surface area contributed by atoms with Gasteiger partial charge in [0.15, 0.2) is 0 Å². The lowest BCUT2D eigenvalue weighted by molar-refractivity contribution is -0.384. The van der Waals surface area contributed by atoms with E-state index in [2.05, 4.69) is 20.8 Å². The second-order valence-electron chi connectivity index (χ2n) is 6.04. The van der Waals surface area contributed by atoms with Crippen LogP contribution in [0.2, 0.25) is 0 Å². The van der Waals surface area contributed by atoms with Crippen LogP contribution in [0.5, 0.6) is 11.5 Å². The lowest BCUT2D eigenvalue weighted by atomic mass is 10.2. The molecule has 152 valence electrons. The summed E-state index contributed by atoms with van der Waals surface area (Å²) in [7, 11) is 0. The fourth-order valence-corrected chi connectivity index (χ4v) is 2.43. The van der Waals surface area contributed by atoms with Crippen LogP contribution >= 0.6 is 0 Å². The highest BCUT2D eigenvalue weighted by molar-refractivity contribution is 5.85. The summed E-state index contributed by atoms with van der Waals surface area (Å²) < 4.78 is 5.39. The number of hydrogen-bond acceptors (Lipinski definition) is 8. The van der Waals surface area contributed by atoms with Crippen molar-refractivity contribution in [3.8, 4) is 11.5 Å². The number of phenolic OH excluding ortho intramolecular Hbond substituents is 1. The van der Waals surface area contributed by atoms with E-state index in [0.717, 1.165) is 5.75 Å². The number of anilines is 1. The van der Waals surface area contributed by atoms with E-state index in [4.69, 9.17) is 4.74 Å². The first-order valence-corrected chi connectivity index (χ1v) is 9.06. The summed E-state index contributed by atoms with van der Waals surface area (Å²) >= 11 is 0. The first-order chi connectivity index (χ1) is 14.5. The molecule has 9 heteroatoms. The van der Waals surface area contributed by atoms with Crippen LogP contribution in [0, 0.1) is 10.1 Å². The molecule has 0 unspecified atom stereocenters. The number of nitro groups is 1. The number of nitrogens with one attached hydrogen (secondary N) is 1. The van der Waals surface area contributed by atoms with Gasteiger partial charge in [0, 0.05) is 17.7 Å². The monoisotopic (exact) mass is 405 g/mol. The zero-order valence-electron chi connectivity index (χ0n) is 16.1. The van der Waals surface area contributed by atoms with Crippen LogP contribution in [0.15, 0.2) is 82.1 Å². The summed E-state index contributed by atoms with van der Waals surface area (Å²) in [5.41, 5.74) is 4.96. The second kappa shape index (κ2) is 9.78. The topological polar surface area (TPSA) is 122 Å². The van der Waals surface area contributed by atoms with Gasteiger partial charge in [-0.3, -0.25) is 15.5 Å². The Kier molecular flexibility index (Phi) is 6.67. The Morgan fingerprint density at radius 2 is 1.70 bits per heavy atom. The largest absolute Gasteiger partial charge is 0.507 e. The molecule has 0 fully saturated rings. The molecule has 0 bridgehead atoms. The Morgan fingerprint density at radius 3 is 2.37 bits per heavy atom. The van der Waals surface area contributed by atoms with Crippen LogP contribution in [0.25, 0.3) is 0 Å². The van der Waals surface area contributed by atoms with Gasteiger partial charge in [-0.1, -0.05) is 0 Å². The molecule has 0 amide bonds. The number of phenols is 1. The van der Waals surface area contributed by atoms with E-state index in [0.29, 0.717) is 29.2 Å². The van der Waals surface area contributed by atoms with Crippen molar-refractivity contribution < 1.29 is 14.8 Å². The van der Waals surface area contributed by atoms with Crippen molar-refractivity contribution in [1.82, 2.24) is 0 Å². The number of rotatable bonds is 8. The molecule has 0 radical (unpaired) electrons. The van der Waals surface area contributed by atoms with Crippen molar-refractivity contribution in [2.45, 2.75) is 6.92 Å². The van der Waals surface area contributed by atoms with Gasteiger partial charge in [-0.25, -0.2) is 0 Å². The number of azo groups is 1. The molecule has 0 atom stereocenters. The minimum absolute atomic E-state index is 0.00670. The van der Waals surface area contributed by atoms with Crippen LogP contribution in [0.3, 0.4) is 0 Å². The smallest absolute Gasteiger partial charge is 0.269 e.